The Balaban J connectivity index is 1.75. The van der Waals surface area contributed by atoms with Gasteiger partial charge in [-0.1, -0.05) is 43.2 Å². The zero-order chi connectivity index (χ0) is 24.8. The maximum atomic E-state index is 13.1. The molecule has 0 spiro atoms. The van der Waals surface area contributed by atoms with E-state index in [4.69, 9.17) is 5.53 Å². The Kier molecular flexibility index (Phi) is 8.27. The van der Waals surface area contributed by atoms with E-state index >= 15 is 0 Å². The summed E-state index contributed by atoms with van der Waals surface area (Å²) in [5.74, 6) is -1.25. The van der Waals surface area contributed by atoms with Gasteiger partial charge in [-0.15, -0.1) is 0 Å². The van der Waals surface area contributed by atoms with E-state index in [1.165, 1.54) is 4.90 Å². The van der Waals surface area contributed by atoms with Gasteiger partial charge in [-0.3, -0.25) is 14.3 Å². The van der Waals surface area contributed by atoms with Crippen molar-refractivity contribution < 1.29 is 19.8 Å². The van der Waals surface area contributed by atoms with Gasteiger partial charge < -0.3 is 20.4 Å². The van der Waals surface area contributed by atoms with Gasteiger partial charge in [-0.25, -0.2) is 0 Å². The van der Waals surface area contributed by atoms with Gasteiger partial charge in [0.1, 0.15) is 12.1 Å². The molecular formula is C23H31N7O4. The first kappa shape index (κ1) is 25.2. The number of benzene rings is 1. The van der Waals surface area contributed by atoms with Crippen LogP contribution < -0.4 is 5.32 Å². The number of rotatable bonds is 9. The predicted molar refractivity (Wildman–Crippen MR) is 125 cm³/mol. The molecule has 4 atom stereocenters. The lowest BCUT2D eigenvalue weighted by Gasteiger charge is -2.29. The third-order valence-electron chi connectivity index (χ3n) is 6.05. The van der Waals surface area contributed by atoms with Crippen molar-refractivity contribution in [3.8, 4) is 11.3 Å². The average molecular weight is 470 g/mol. The molecular weight excluding hydrogens is 438 g/mol. The number of amides is 2. The van der Waals surface area contributed by atoms with Crippen molar-refractivity contribution in [2.45, 2.75) is 58.0 Å². The Labute approximate surface area is 198 Å². The van der Waals surface area contributed by atoms with Crippen LogP contribution in [0.3, 0.4) is 0 Å². The van der Waals surface area contributed by atoms with E-state index < -0.39 is 36.0 Å². The van der Waals surface area contributed by atoms with Gasteiger partial charge in [0.05, 0.1) is 24.4 Å². The van der Waals surface area contributed by atoms with Crippen molar-refractivity contribution in [1.82, 2.24) is 20.0 Å². The van der Waals surface area contributed by atoms with Crippen LogP contribution in [0.5, 0.6) is 0 Å². The standard InChI is InChI=1S/C23H31N7O4/c1-4-30-19(9-10-25-30)16-7-5-15(6-8-16)18(13-31)26-22(33)20-11-17(32)12-29(20)23(34)21(14(2)3)27-28-24/h5-10,14,17-18,20-21,31-32H,4,11-13H2,1-3H3,(H,26,33)/t17-,18+,20+,21+/m1/s1. The highest BCUT2D eigenvalue weighted by atomic mass is 16.3. The number of nitrogens with zero attached hydrogens (tertiary/aromatic N) is 6. The van der Waals surface area contributed by atoms with Crippen molar-refractivity contribution >= 4 is 11.8 Å². The zero-order valence-electron chi connectivity index (χ0n) is 19.6. The first-order chi connectivity index (χ1) is 16.3. The Morgan fingerprint density at radius 1 is 1.29 bits per heavy atom. The van der Waals surface area contributed by atoms with Gasteiger partial charge >= 0.3 is 0 Å². The van der Waals surface area contributed by atoms with Gasteiger partial charge in [-0.05, 0) is 35.6 Å². The Morgan fingerprint density at radius 2 is 2.00 bits per heavy atom. The summed E-state index contributed by atoms with van der Waals surface area (Å²) in [6.45, 7) is 5.88. The predicted octanol–water partition coefficient (Wildman–Crippen LogP) is 2.02. The summed E-state index contributed by atoms with van der Waals surface area (Å²) in [5.41, 5.74) is 11.4. The summed E-state index contributed by atoms with van der Waals surface area (Å²) in [5, 5.41) is 30.8. The fourth-order valence-electron chi connectivity index (χ4n) is 4.22. The number of azide groups is 1. The second kappa shape index (κ2) is 11.1. The topological polar surface area (TPSA) is 156 Å². The molecule has 34 heavy (non-hydrogen) atoms. The molecule has 1 aromatic carbocycles. The summed E-state index contributed by atoms with van der Waals surface area (Å²) in [6.07, 6.45) is 0.934. The number of carbonyl (C=O) groups is 2. The highest BCUT2D eigenvalue weighted by molar-refractivity contribution is 5.91. The molecule has 1 saturated heterocycles. The molecule has 2 aromatic rings. The molecule has 3 rings (SSSR count). The van der Waals surface area contributed by atoms with Crippen molar-refractivity contribution in [3.63, 3.8) is 0 Å². The third-order valence-corrected chi connectivity index (χ3v) is 6.05. The molecule has 11 nitrogen and oxygen atoms in total. The lowest BCUT2D eigenvalue weighted by molar-refractivity contribution is -0.140. The van der Waals surface area contributed by atoms with Crippen LogP contribution in [0.1, 0.15) is 38.8 Å². The fraction of sp³-hybridized carbons (Fsp3) is 0.522. The summed E-state index contributed by atoms with van der Waals surface area (Å²) in [4.78, 5) is 30.1. The smallest absolute Gasteiger partial charge is 0.243 e. The number of likely N-dealkylation sites (tertiary alicyclic amines) is 1. The highest BCUT2D eigenvalue weighted by Crippen LogP contribution is 2.25. The molecule has 1 aliphatic rings. The molecule has 0 radical (unpaired) electrons. The lowest BCUT2D eigenvalue weighted by Crippen LogP contribution is -2.50. The maximum absolute atomic E-state index is 13.1. The molecule has 11 heteroatoms. The second-order valence-electron chi connectivity index (χ2n) is 8.69. The number of β-amino-alcohol motifs (C(OH)–C–C–N with tert-alkyl or cyclic N) is 1. The molecule has 2 amide bonds. The Morgan fingerprint density at radius 3 is 2.59 bits per heavy atom. The Hall–Kier alpha value is -3.40. The molecule has 182 valence electrons. The molecule has 3 N–H and O–H groups in total. The van der Waals surface area contributed by atoms with Gasteiger partial charge in [0, 0.05) is 30.6 Å². The number of aryl methyl sites for hydroxylation is 1. The van der Waals surface area contributed by atoms with Crippen LogP contribution >= 0.6 is 0 Å². The van der Waals surface area contributed by atoms with Crippen LogP contribution in [0.2, 0.25) is 0 Å². The molecule has 1 aliphatic heterocycles. The summed E-state index contributed by atoms with van der Waals surface area (Å²) < 4.78 is 1.87. The lowest BCUT2D eigenvalue weighted by atomic mass is 10.0. The second-order valence-corrected chi connectivity index (χ2v) is 8.69. The summed E-state index contributed by atoms with van der Waals surface area (Å²) in [6, 6.07) is 6.78. The van der Waals surface area contributed by atoms with Crippen LogP contribution in [-0.2, 0) is 16.1 Å². The maximum Gasteiger partial charge on any atom is 0.243 e. The van der Waals surface area contributed by atoms with Gasteiger partial charge in [0.2, 0.25) is 11.8 Å². The number of aliphatic hydroxyl groups excluding tert-OH is 2. The molecule has 1 aromatic heterocycles. The SMILES string of the molecule is CCn1nccc1-c1ccc([C@H](CO)NC(=O)[C@@H]2C[C@@H](O)CN2C(=O)[C@@H](N=[N+]=[N-])C(C)C)cc1. The highest BCUT2D eigenvalue weighted by Gasteiger charge is 2.42. The van der Waals surface area contributed by atoms with Crippen molar-refractivity contribution in [1.29, 1.82) is 0 Å². The Bertz CT molecular complexity index is 1050. The normalized spacial score (nSPS) is 19.5. The molecule has 1 fully saturated rings. The molecule has 0 saturated carbocycles. The molecule has 0 bridgehead atoms. The van der Waals surface area contributed by atoms with E-state index in [1.807, 2.05) is 41.9 Å². The van der Waals surface area contributed by atoms with Crippen molar-refractivity contribution in [2.24, 2.45) is 11.0 Å². The summed E-state index contributed by atoms with van der Waals surface area (Å²) in [7, 11) is 0. The fourth-order valence-corrected chi connectivity index (χ4v) is 4.22. The van der Waals surface area contributed by atoms with E-state index in [-0.39, 0.29) is 25.5 Å². The van der Waals surface area contributed by atoms with Gasteiger partial charge in [0.25, 0.3) is 0 Å². The molecule has 0 unspecified atom stereocenters. The minimum absolute atomic E-state index is 0.0231. The van der Waals surface area contributed by atoms with Crippen LogP contribution in [0.25, 0.3) is 21.7 Å². The monoisotopic (exact) mass is 469 g/mol. The van der Waals surface area contributed by atoms with Crippen LogP contribution in [0.4, 0.5) is 0 Å². The largest absolute Gasteiger partial charge is 0.394 e. The summed E-state index contributed by atoms with van der Waals surface area (Å²) >= 11 is 0. The molecule has 2 heterocycles. The molecule has 0 aliphatic carbocycles. The third kappa shape index (κ3) is 5.39. The zero-order valence-corrected chi connectivity index (χ0v) is 19.6. The van der Waals surface area contributed by atoms with E-state index in [0.717, 1.165) is 17.8 Å². The van der Waals surface area contributed by atoms with E-state index in [9.17, 15) is 19.8 Å². The van der Waals surface area contributed by atoms with E-state index in [2.05, 4.69) is 20.4 Å². The quantitative estimate of drug-likeness (QED) is 0.291. The number of aromatic nitrogens is 2. The van der Waals surface area contributed by atoms with Gasteiger partial charge in [-0.2, -0.15) is 5.10 Å². The van der Waals surface area contributed by atoms with E-state index in [1.54, 1.807) is 20.0 Å². The van der Waals surface area contributed by atoms with Crippen molar-refractivity contribution in [3.05, 3.63) is 52.5 Å². The van der Waals surface area contributed by atoms with Crippen molar-refractivity contribution in [2.75, 3.05) is 13.2 Å². The minimum Gasteiger partial charge on any atom is -0.394 e. The average Bonchev–Trinajstić information content (AvgIpc) is 3.47. The van der Waals surface area contributed by atoms with Crippen LogP contribution in [0.15, 0.2) is 41.6 Å². The van der Waals surface area contributed by atoms with Crippen LogP contribution in [-0.4, -0.2) is 68.0 Å². The minimum atomic E-state index is -0.969. The first-order valence-electron chi connectivity index (χ1n) is 11.4. The number of carbonyl (C=O) groups excluding carboxylic acids is 2. The first-order valence-corrected chi connectivity index (χ1v) is 11.4. The number of aliphatic hydroxyl groups is 2. The number of hydrogen-bond donors (Lipinski definition) is 3. The number of hydrogen-bond acceptors (Lipinski definition) is 6. The van der Waals surface area contributed by atoms with Gasteiger partial charge in [0.15, 0.2) is 0 Å². The number of nitrogens with one attached hydrogen (secondary N) is 1. The van der Waals surface area contributed by atoms with Crippen LogP contribution in [0, 0.1) is 5.92 Å². The van der Waals surface area contributed by atoms with E-state index in [0.29, 0.717) is 5.56 Å².